The van der Waals surface area contributed by atoms with Crippen LogP contribution >= 0.6 is 11.3 Å². The second kappa shape index (κ2) is 6.80. The van der Waals surface area contributed by atoms with Gasteiger partial charge >= 0.3 is 5.97 Å². The predicted octanol–water partition coefficient (Wildman–Crippen LogP) is 3.22. The molecule has 0 bridgehead atoms. The molecule has 1 aromatic carbocycles. The van der Waals surface area contributed by atoms with E-state index in [-0.39, 0.29) is 5.91 Å². The average Bonchev–Trinajstić information content (AvgIpc) is 3.15. The molecule has 4 rings (SSSR count). The van der Waals surface area contributed by atoms with Gasteiger partial charge in [0.15, 0.2) is 11.7 Å². The van der Waals surface area contributed by atoms with Gasteiger partial charge in [-0.2, -0.15) is 0 Å². The van der Waals surface area contributed by atoms with Crippen LogP contribution in [0, 0.1) is 5.92 Å². The number of amides is 1. The molecule has 0 radical (unpaired) electrons. The summed E-state index contributed by atoms with van der Waals surface area (Å²) in [6.07, 6.45) is 5.88. The van der Waals surface area contributed by atoms with Gasteiger partial charge in [-0.1, -0.05) is 0 Å². The Hall–Kier alpha value is -2.87. The highest BCUT2D eigenvalue weighted by molar-refractivity contribution is 7.13. The highest BCUT2D eigenvalue weighted by Gasteiger charge is 2.24. The van der Waals surface area contributed by atoms with Crippen molar-refractivity contribution in [2.24, 2.45) is 5.92 Å². The van der Waals surface area contributed by atoms with Crippen LogP contribution in [0.3, 0.4) is 0 Å². The van der Waals surface area contributed by atoms with E-state index in [0.717, 1.165) is 17.4 Å². The van der Waals surface area contributed by atoms with Crippen LogP contribution in [0.15, 0.2) is 36.0 Å². The van der Waals surface area contributed by atoms with E-state index in [9.17, 15) is 9.59 Å². The SMILES string of the molecule is O=C(O)COc1ccc2c(C(=O)Nc3nccs3)cn(CC3CC3)c2c1. The van der Waals surface area contributed by atoms with Crippen molar-refractivity contribution in [2.45, 2.75) is 19.4 Å². The molecule has 8 heteroatoms. The molecule has 1 fully saturated rings. The summed E-state index contributed by atoms with van der Waals surface area (Å²) < 4.78 is 7.34. The number of anilines is 1. The quantitative estimate of drug-likeness (QED) is 0.665. The second-order valence-electron chi connectivity index (χ2n) is 6.29. The lowest BCUT2D eigenvalue weighted by molar-refractivity contribution is -0.139. The van der Waals surface area contributed by atoms with Crippen LogP contribution < -0.4 is 10.1 Å². The van der Waals surface area contributed by atoms with Crippen LogP contribution in [0.5, 0.6) is 5.75 Å². The summed E-state index contributed by atoms with van der Waals surface area (Å²) in [4.78, 5) is 27.5. The standard InChI is InChI=1S/C18H17N3O4S/c22-16(23)10-25-12-3-4-13-14(17(24)20-18-19-5-6-26-18)9-21(15(13)7-12)8-11-1-2-11/h3-7,9,11H,1-2,8,10H2,(H,22,23)(H,19,20,24). The number of hydrogen-bond acceptors (Lipinski definition) is 5. The first-order chi connectivity index (χ1) is 12.6. The summed E-state index contributed by atoms with van der Waals surface area (Å²) >= 11 is 1.37. The number of hydrogen-bond donors (Lipinski definition) is 2. The number of rotatable bonds is 7. The van der Waals surface area contributed by atoms with E-state index in [4.69, 9.17) is 9.84 Å². The summed E-state index contributed by atoms with van der Waals surface area (Å²) in [6.45, 7) is 0.440. The number of aromatic nitrogens is 2. The molecule has 0 aliphatic heterocycles. The van der Waals surface area contributed by atoms with Crippen LogP contribution in [0.25, 0.3) is 10.9 Å². The zero-order valence-corrected chi connectivity index (χ0v) is 14.7. The number of benzene rings is 1. The first kappa shape index (κ1) is 16.6. The predicted molar refractivity (Wildman–Crippen MR) is 97.9 cm³/mol. The van der Waals surface area contributed by atoms with Crippen molar-refractivity contribution < 1.29 is 19.4 Å². The molecule has 0 saturated heterocycles. The number of thiazole rings is 1. The number of carbonyl (C=O) groups is 2. The minimum absolute atomic E-state index is 0.210. The van der Waals surface area contributed by atoms with Gasteiger partial charge in [-0.3, -0.25) is 10.1 Å². The number of nitrogens with zero attached hydrogens (tertiary/aromatic N) is 2. The summed E-state index contributed by atoms with van der Waals surface area (Å²) in [5, 5.41) is 14.8. The molecule has 0 unspecified atom stereocenters. The van der Waals surface area contributed by atoms with Crippen LogP contribution in [-0.2, 0) is 11.3 Å². The summed E-state index contributed by atoms with van der Waals surface area (Å²) in [7, 11) is 0. The molecule has 1 saturated carbocycles. The third kappa shape index (κ3) is 3.55. The fourth-order valence-electron chi connectivity index (χ4n) is 2.87. The highest BCUT2D eigenvalue weighted by atomic mass is 32.1. The molecule has 1 aliphatic rings. The van der Waals surface area contributed by atoms with E-state index in [0.29, 0.717) is 22.4 Å². The molecule has 0 spiro atoms. The maximum Gasteiger partial charge on any atom is 0.341 e. The maximum atomic E-state index is 12.7. The number of carboxylic acids is 1. The third-order valence-corrected chi connectivity index (χ3v) is 4.95. The topological polar surface area (TPSA) is 93.4 Å². The van der Waals surface area contributed by atoms with Crippen LogP contribution in [-0.4, -0.2) is 33.1 Å². The average molecular weight is 371 g/mol. The molecule has 2 N–H and O–H groups in total. The maximum absolute atomic E-state index is 12.7. The fraction of sp³-hybridized carbons (Fsp3) is 0.278. The Kier molecular flexibility index (Phi) is 4.34. The van der Waals surface area contributed by atoms with Crippen LogP contribution in [0.1, 0.15) is 23.2 Å². The first-order valence-corrected chi connectivity index (χ1v) is 9.16. The van der Waals surface area contributed by atoms with E-state index in [1.54, 1.807) is 29.8 Å². The Bertz CT molecular complexity index is 960. The van der Waals surface area contributed by atoms with Gasteiger partial charge in [0, 0.05) is 35.8 Å². The third-order valence-electron chi connectivity index (χ3n) is 4.27. The van der Waals surface area contributed by atoms with Crippen molar-refractivity contribution in [1.29, 1.82) is 0 Å². The molecule has 1 amide bonds. The summed E-state index contributed by atoms with van der Waals surface area (Å²) in [5.74, 6) is -0.133. The van der Waals surface area contributed by atoms with E-state index < -0.39 is 12.6 Å². The van der Waals surface area contributed by atoms with Crippen molar-refractivity contribution in [2.75, 3.05) is 11.9 Å². The molecule has 26 heavy (non-hydrogen) atoms. The minimum Gasteiger partial charge on any atom is -0.482 e. The van der Waals surface area contributed by atoms with Crippen molar-refractivity contribution >= 4 is 39.2 Å². The van der Waals surface area contributed by atoms with Crippen molar-refractivity contribution in [1.82, 2.24) is 9.55 Å². The van der Waals surface area contributed by atoms with Gasteiger partial charge in [-0.15, -0.1) is 11.3 Å². The lowest BCUT2D eigenvalue weighted by atomic mass is 10.1. The van der Waals surface area contributed by atoms with Crippen molar-refractivity contribution in [3.05, 3.63) is 41.5 Å². The lowest BCUT2D eigenvalue weighted by Crippen LogP contribution is -2.11. The molecule has 7 nitrogen and oxygen atoms in total. The van der Waals surface area contributed by atoms with Gasteiger partial charge < -0.3 is 14.4 Å². The summed E-state index contributed by atoms with van der Waals surface area (Å²) in [6, 6.07) is 5.28. The molecule has 1 aliphatic carbocycles. The van der Waals surface area contributed by atoms with E-state index in [1.807, 2.05) is 6.20 Å². The Labute approximate surface area is 153 Å². The molecular weight excluding hydrogens is 354 g/mol. The van der Waals surface area contributed by atoms with Gasteiger partial charge in [0.2, 0.25) is 0 Å². The van der Waals surface area contributed by atoms with Crippen molar-refractivity contribution in [3.8, 4) is 5.75 Å². The van der Waals surface area contributed by atoms with E-state index >= 15 is 0 Å². The van der Waals surface area contributed by atoms with Gasteiger partial charge in [0.1, 0.15) is 5.75 Å². The number of nitrogens with one attached hydrogen (secondary N) is 1. The van der Waals surface area contributed by atoms with Gasteiger partial charge in [0.25, 0.3) is 5.91 Å². The zero-order valence-electron chi connectivity index (χ0n) is 13.8. The molecule has 0 atom stereocenters. The first-order valence-electron chi connectivity index (χ1n) is 8.28. The highest BCUT2D eigenvalue weighted by Crippen LogP contribution is 2.34. The van der Waals surface area contributed by atoms with Gasteiger partial charge in [0.05, 0.1) is 11.1 Å². The molecular formula is C18H17N3O4S. The minimum atomic E-state index is -1.03. The normalized spacial score (nSPS) is 13.7. The monoisotopic (exact) mass is 371 g/mol. The summed E-state index contributed by atoms with van der Waals surface area (Å²) in [5.41, 5.74) is 1.43. The lowest BCUT2D eigenvalue weighted by Gasteiger charge is -2.06. The molecule has 2 heterocycles. The Morgan fingerprint density at radius 1 is 1.38 bits per heavy atom. The fourth-order valence-corrected chi connectivity index (χ4v) is 3.39. The Morgan fingerprint density at radius 2 is 2.23 bits per heavy atom. The number of fused-ring (bicyclic) bond motifs is 1. The number of carboxylic acid groups (broad SMARTS) is 1. The molecule has 3 aromatic rings. The molecule has 2 aromatic heterocycles. The number of ether oxygens (including phenoxy) is 1. The van der Waals surface area contributed by atoms with Crippen molar-refractivity contribution in [3.63, 3.8) is 0 Å². The Morgan fingerprint density at radius 3 is 2.92 bits per heavy atom. The number of aliphatic carboxylic acids is 1. The van der Waals surface area contributed by atoms with E-state index in [2.05, 4.69) is 14.9 Å². The zero-order chi connectivity index (χ0) is 18.1. The van der Waals surface area contributed by atoms with Crippen LogP contribution in [0.2, 0.25) is 0 Å². The Balaban J connectivity index is 1.68. The van der Waals surface area contributed by atoms with Gasteiger partial charge in [-0.25, -0.2) is 9.78 Å². The van der Waals surface area contributed by atoms with Gasteiger partial charge in [-0.05, 0) is 30.9 Å². The molecule has 134 valence electrons. The smallest absolute Gasteiger partial charge is 0.341 e. The second-order valence-corrected chi connectivity index (χ2v) is 7.19. The van der Waals surface area contributed by atoms with Crippen LogP contribution in [0.4, 0.5) is 5.13 Å². The van der Waals surface area contributed by atoms with E-state index in [1.165, 1.54) is 24.2 Å². The largest absolute Gasteiger partial charge is 0.482 e. The number of carbonyl (C=O) groups excluding carboxylic acids is 1.